The van der Waals surface area contributed by atoms with Crippen LogP contribution in [-0.4, -0.2) is 28.5 Å². The van der Waals surface area contributed by atoms with Crippen molar-refractivity contribution >= 4 is 11.9 Å². The predicted octanol–water partition coefficient (Wildman–Crippen LogP) is 2.15. The summed E-state index contributed by atoms with van der Waals surface area (Å²) in [6.07, 6.45) is 5.24. The van der Waals surface area contributed by atoms with Crippen molar-refractivity contribution < 1.29 is 14.7 Å². The Bertz CT molecular complexity index is 432. The summed E-state index contributed by atoms with van der Waals surface area (Å²) in [6, 6.07) is 3.44. The van der Waals surface area contributed by atoms with E-state index in [-0.39, 0.29) is 12.3 Å². The molecular weight excluding hydrogens is 244 g/mol. The van der Waals surface area contributed by atoms with Gasteiger partial charge in [-0.2, -0.15) is 0 Å². The topological polar surface area (TPSA) is 79.3 Å². The number of aryl methyl sites for hydroxylation is 1. The van der Waals surface area contributed by atoms with Crippen molar-refractivity contribution in [3.05, 3.63) is 29.6 Å². The number of carbonyl (C=O) groups excluding carboxylic acids is 1. The summed E-state index contributed by atoms with van der Waals surface area (Å²) in [5.41, 5.74) is 1.44. The number of unbranched alkanes of at least 4 members (excludes halogenated alkanes) is 3. The number of aliphatic carboxylic acids is 1. The summed E-state index contributed by atoms with van der Waals surface area (Å²) in [5, 5.41) is 11.3. The normalized spacial score (nSPS) is 10.2. The minimum Gasteiger partial charge on any atom is -0.481 e. The molecule has 5 heteroatoms. The maximum atomic E-state index is 11.8. The summed E-state index contributed by atoms with van der Waals surface area (Å²) in [7, 11) is 0. The van der Waals surface area contributed by atoms with Crippen LogP contribution in [0.5, 0.6) is 0 Å². The minimum atomic E-state index is -0.749. The number of hydrogen-bond acceptors (Lipinski definition) is 3. The number of pyridine rings is 1. The molecule has 104 valence electrons. The number of nitrogens with one attached hydrogen (secondary N) is 1. The van der Waals surface area contributed by atoms with Crippen molar-refractivity contribution in [1.29, 1.82) is 0 Å². The molecular formula is C14H20N2O3. The first-order valence-electron chi connectivity index (χ1n) is 6.52. The Hall–Kier alpha value is -1.91. The average Bonchev–Trinajstić information content (AvgIpc) is 2.37. The molecule has 1 aromatic rings. The lowest BCUT2D eigenvalue weighted by Crippen LogP contribution is -2.24. The first-order chi connectivity index (χ1) is 9.09. The van der Waals surface area contributed by atoms with Gasteiger partial charge in [-0.1, -0.05) is 12.8 Å². The zero-order chi connectivity index (χ0) is 14.1. The van der Waals surface area contributed by atoms with E-state index in [1.165, 1.54) is 0 Å². The van der Waals surface area contributed by atoms with Gasteiger partial charge < -0.3 is 10.4 Å². The fourth-order valence-corrected chi connectivity index (χ4v) is 1.75. The van der Waals surface area contributed by atoms with E-state index in [1.807, 2.05) is 6.92 Å². The fourth-order valence-electron chi connectivity index (χ4n) is 1.75. The van der Waals surface area contributed by atoms with E-state index >= 15 is 0 Å². The van der Waals surface area contributed by atoms with Crippen LogP contribution in [0.1, 0.15) is 48.2 Å². The van der Waals surface area contributed by atoms with E-state index in [2.05, 4.69) is 10.3 Å². The highest BCUT2D eigenvalue weighted by atomic mass is 16.4. The van der Waals surface area contributed by atoms with Gasteiger partial charge in [-0.15, -0.1) is 0 Å². The van der Waals surface area contributed by atoms with Gasteiger partial charge >= 0.3 is 5.97 Å². The van der Waals surface area contributed by atoms with Crippen molar-refractivity contribution in [2.45, 2.75) is 39.0 Å². The molecule has 1 amide bonds. The van der Waals surface area contributed by atoms with Gasteiger partial charge in [-0.3, -0.25) is 14.6 Å². The molecule has 1 rings (SSSR count). The molecule has 0 fully saturated rings. The molecule has 5 nitrogen and oxygen atoms in total. The predicted molar refractivity (Wildman–Crippen MR) is 72.0 cm³/mol. The third-order valence-corrected chi connectivity index (χ3v) is 2.76. The molecule has 19 heavy (non-hydrogen) atoms. The van der Waals surface area contributed by atoms with Crippen LogP contribution in [0.3, 0.4) is 0 Å². The molecule has 1 heterocycles. The molecule has 0 aliphatic rings. The Morgan fingerprint density at radius 3 is 2.68 bits per heavy atom. The Balaban J connectivity index is 2.12. The first-order valence-corrected chi connectivity index (χ1v) is 6.52. The average molecular weight is 264 g/mol. The largest absolute Gasteiger partial charge is 0.481 e. The van der Waals surface area contributed by atoms with E-state index in [1.54, 1.807) is 18.3 Å². The molecule has 0 radical (unpaired) electrons. The Kier molecular flexibility index (Phi) is 6.57. The van der Waals surface area contributed by atoms with E-state index in [0.717, 1.165) is 25.0 Å². The quantitative estimate of drug-likeness (QED) is 0.705. The van der Waals surface area contributed by atoms with Gasteiger partial charge in [0.1, 0.15) is 0 Å². The Labute approximate surface area is 113 Å². The second-order valence-electron chi connectivity index (χ2n) is 4.50. The zero-order valence-electron chi connectivity index (χ0n) is 11.2. The fraction of sp³-hybridized carbons (Fsp3) is 0.500. The molecule has 0 spiro atoms. The third-order valence-electron chi connectivity index (χ3n) is 2.76. The number of amides is 1. The second kappa shape index (κ2) is 8.24. The van der Waals surface area contributed by atoms with E-state index in [9.17, 15) is 9.59 Å². The van der Waals surface area contributed by atoms with Crippen LogP contribution < -0.4 is 5.32 Å². The lowest BCUT2D eigenvalue weighted by atomic mass is 10.1. The number of carboxylic acid groups (broad SMARTS) is 1. The summed E-state index contributed by atoms with van der Waals surface area (Å²) in [6.45, 7) is 2.46. The van der Waals surface area contributed by atoms with Crippen LogP contribution >= 0.6 is 0 Å². The lowest BCUT2D eigenvalue weighted by Gasteiger charge is -2.05. The molecule has 0 saturated carbocycles. The van der Waals surface area contributed by atoms with Gasteiger partial charge in [-0.05, 0) is 31.9 Å². The van der Waals surface area contributed by atoms with E-state index < -0.39 is 5.97 Å². The SMILES string of the molecule is Cc1cc(C(=O)NCCCCCCC(=O)O)ccn1. The van der Waals surface area contributed by atoms with Crippen molar-refractivity contribution in [3.8, 4) is 0 Å². The third kappa shape index (κ3) is 6.55. The molecule has 0 bridgehead atoms. The summed E-state index contributed by atoms with van der Waals surface area (Å²) < 4.78 is 0. The van der Waals surface area contributed by atoms with Gasteiger partial charge in [0, 0.05) is 30.4 Å². The van der Waals surface area contributed by atoms with E-state index in [4.69, 9.17) is 5.11 Å². The van der Waals surface area contributed by atoms with Crippen molar-refractivity contribution in [2.75, 3.05) is 6.54 Å². The highest BCUT2D eigenvalue weighted by molar-refractivity contribution is 5.94. The summed E-state index contributed by atoms with van der Waals surface area (Å²) in [5.74, 6) is -0.836. The molecule has 0 aliphatic heterocycles. The molecule has 0 saturated heterocycles. The number of nitrogens with zero attached hydrogens (tertiary/aromatic N) is 1. The highest BCUT2D eigenvalue weighted by Crippen LogP contribution is 2.03. The van der Waals surface area contributed by atoms with Crippen LogP contribution in [0.2, 0.25) is 0 Å². The minimum absolute atomic E-state index is 0.0870. The van der Waals surface area contributed by atoms with Crippen LogP contribution in [0.4, 0.5) is 0 Å². The smallest absolute Gasteiger partial charge is 0.303 e. The lowest BCUT2D eigenvalue weighted by molar-refractivity contribution is -0.137. The molecule has 0 unspecified atom stereocenters. The Morgan fingerprint density at radius 1 is 1.26 bits per heavy atom. The molecule has 2 N–H and O–H groups in total. The van der Waals surface area contributed by atoms with Crippen LogP contribution in [0.15, 0.2) is 18.3 Å². The second-order valence-corrected chi connectivity index (χ2v) is 4.50. The van der Waals surface area contributed by atoms with Gasteiger partial charge in [0.05, 0.1) is 0 Å². The van der Waals surface area contributed by atoms with Gasteiger partial charge in [-0.25, -0.2) is 0 Å². The number of aromatic nitrogens is 1. The van der Waals surface area contributed by atoms with Crippen molar-refractivity contribution in [2.24, 2.45) is 0 Å². The number of carboxylic acids is 1. The highest BCUT2D eigenvalue weighted by Gasteiger charge is 2.04. The molecule has 0 atom stereocenters. The first kappa shape index (κ1) is 15.1. The molecule has 0 aromatic carbocycles. The van der Waals surface area contributed by atoms with Crippen LogP contribution in [0, 0.1) is 6.92 Å². The maximum absolute atomic E-state index is 11.8. The van der Waals surface area contributed by atoms with Gasteiger partial charge in [0.2, 0.25) is 0 Å². The van der Waals surface area contributed by atoms with Crippen LogP contribution in [0.25, 0.3) is 0 Å². The number of hydrogen-bond donors (Lipinski definition) is 2. The maximum Gasteiger partial charge on any atom is 0.303 e. The van der Waals surface area contributed by atoms with Crippen molar-refractivity contribution in [3.63, 3.8) is 0 Å². The van der Waals surface area contributed by atoms with E-state index in [0.29, 0.717) is 18.5 Å². The Morgan fingerprint density at radius 2 is 2.00 bits per heavy atom. The summed E-state index contributed by atoms with van der Waals surface area (Å²) in [4.78, 5) is 26.1. The summed E-state index contributed by atoms with van der Waals surface area (Å²) >= 11 is 0. The number of rotatable bonds is 8. The van der Waals surface area contributed by atoms with Crippen molar-refractivity contribution in [1.82, 2.24) is 10.3 Å². The van der Waals surface area contributed by atoms with Gasteiger partial charge in [0.25, 0.3) is 5.91 Å². The monoisotopic (exact) mass is 264 g/mol. The van der Waals surface area contributed by atoms with Gasteiger partial charge in [0.15, 0.2) is 0 Å². The zero-order valence-corrected chi connectivity index (χ0v) is 11.2. The number of carbonyl (C=O) groups is 2. The standard InChI is InChI=1S/C14H20N2O3/c1-11-10-12(7-9-15-11)14(19)16-8-5-3-2-4-6-13(17)18/h7,9-10H,2-6,8H2,1H3,(H,16,19)(H,17,18). The van der Waals surface area contributed by atoms with Crippen LogP contribution in [-0.2, 0) is 4.79 Å². The molecule has 1 aromatic heterocycles. The molecule has 0 aliphatic carbocycles.